The Balaban J connectivity index is 1.54. The predicted molar refractivity (Wildman–Crippen MR) is 99.7 cm³/mol. The van der Waals surface area contributed by atoms with Gasteiger partial charge in [-0.2, -0.15) is 0 Å². The first kappa shape index (κ1) is 17.0. The molecule has 2 N–H and O–H groups in total. The minimum Gasteiger partial charge on any atom is -0.493 e. The van der Waals surface area contributed by atoms with Gasteiger partial charge in [0.2, 0.25) is 10.0 Å². The third-order valence-corrected chi connectivity index (χ3v) is 6.09. The van der Waals surface area contributed by atoms with Crippen molar-refractivity contribution in [3.8, 4) is 5.75 Å². The number of rotatable bonds is 5. The summed E-state index contributed by atoms with van der Waals surface area (Å²) in [4.78, 5) is 0.213. The lowest BCUT2D eigenvalue weighted by atomic mass is 10.0. The Morgan fingerprint density at radius 3 is 2.77 bits per heavy atom. The quantitative estimate of drug-likeness (QED) is 0.725. The van der Waals surface area contributed by atoms with Crippen LogP contribution in [0, 0.1) is 0 Å². The molecule has 6 heteroatoms. The number of fused-ring (bicyclic) bond motifs is 2. The average molecular weight is 369 g/mol. The standard InChI is InChI=1S/C20H19NO4S/c22-18(15-8-9-19-16(12-15)10-11-25-19)13-21-26(23,24)20-7-3-5-14-4-1-2-6-17(14)20/h1-9,12,18,21-22H,10-11,13H2. The number of ether oxygens (including phenoxy) is 1. The van der Waals surface area contributed by atoms with E-state index >= 15 is 0 Å². The molecule has 134 valence electrons. The van der Waals surface area contributed by atoms with Crippen LogP contribution in [0.5, 0.6) is 5.75 Å². The van der Waals surface area contributed by atoms with E-state index in [4.69, 9.17) is 4.74 Å². The lowest BCUT2D eigenvalue weighted by Crippen LogP contribution is -2.28. The second kappa shape index (κ2) is 6.72. The van der Waals surface area contributed by atoms with Crippen LogP contribution in [0.15, 0.2) is 65.6 Å². The van der Waals surface area contributed by atoms with Crippen molar-refractivity contribution in [3.63, 3.8) is 0 Å². The van der Waals surface area contributed by atoms with Gasteiger partial charge < -0.3 is 9.84 Å². The Hall–Kier alpha value is -2.41. The van der Waals surface area contributed by atoms with E-state index in [9.17, 15) is 13.5 Å². The molecule has 0 saturated carbocycles. The van der Waals surface area contributed by atoms with Gasteiger partial charge in [0.25, 0.3) is 0 Å². The van der Waals surface area contributed by atoms with Gasteiger partial charge in [-0.1, -0.05) is 42.5 Å². The van der Waals surface area contributed by atoms with E-state index in [1.807, 2.05) is 36.4 Å². The van der Waals surface area contributed by atoms with Crippen molar-refractivity contribution in [2.24, 2.45) is 0 Å². The van der Waals surface area contributed by atoms with Crippen LogP contribution in [-0.4, -0.2) is 26.7 Å². The van der Waals surface area contributed by atoms with Gasteiger partial charge in [-0.3, -0.25) is 0 Å². The maximum absolute atomic E-state index is 12.7. The fraction of sp³-hybridized carbons (Fsp3) is 0.200. The van der Waals surface area contributed by atoms with Gasteiger partial charge >= 0.3 is 0 Å². The summed E-state index contributed by atoms with van der Waals surface area (Å²) in [5.74, 6) is 0.831. The number of benzene rings is 3. The minimum atomic E-state index is -3.74. The van der Waals surface area contributed by atoms with Crippen molar-refractivity contribution in [2.75, 3.05) is 13.2 Å². The van der Waals surface area contributed by atoms with Crippen molar-refractivity contribution in [3.05, 3.63) is 71.8 Å². The lowest BCUT2D eigenvalue weighted by Gasteiger charge is -2.14. The summed E-state index contributed by atoms with van der Waals surface area (Å²) < 4.78 is 33.4. The molecule has 1 atom stereocenters. The predicted octanol–water partition coefficient (Wildman–Crippen LogP) is 2.79. The van der Waals surface area contributed by atoms with Gasteiger partial charge in [-0.25, -0.2) is 13.1 Å². The second-order valence-corrected chi connectivity index (χ2v) is 8.05. The number of sulfonamides is 1. The summed E-state index contributed by atoms with van der Waals surface area (Å²) in [5, 5.41) is 11.9. The largest absolute Gasteiger partial charge is 0.493 e. The summed E-state index contributed by atoms with van der Waals surface area (Å²) >= 11 is 0. The van der Waals surface area contributed by atoms with E-state index in [0.717, 1.165) is 23.1 Å². The average Bonchev–Trinajstić information content (AvgIpc) is 3.13. The van der Waals surface area contributed by atoms with E-state index in [-0.39, 0.29) is 11.4 Å². The van der Waals surface area contributed by atoms with Crippen LogP contribution >= 0.6 is 0 Å². The molecular weight excluding hydrogens is 350 g/mol. The fourth-order valence-electron chi connectivity index (χ4n) is 3.23. The molecule has 0 bridgehead atoms. The van der Waals surface area contributed by atoms with Crippen LogP contribution in [0.25, 0.3) is 10.8 Å². The Bertz CT molecular complexity index is 1060. The molecule has 0 spiro atoms. The molecule has 1 aliphatic rings. The zero-order chi connectivity index (χ0) is 18.1. The summed E-state index contributed by atoms with van der Waals surface area (Å²) in [7, 11) is -3.74. The van der Waals surface area contributed by atoms with Crippen molar-refractivity contribution < 1.29 is 18.3 Å². The first-order valence-corrected chi connectivity index (χ1v) is 9.94. The van der Waals surface area contributed by atoms with Crippen LogP contribution in [0.2, 0.25) is 0 Å². The Labute approximate surface area is 152 Å². The normalized spacial score (nSPS) is 14.8. The fourth-order valence-corrected chi connectivity index (χ4v) is 4.49. The molecule has 3 aromatic carbocycles. The molecule has 1 heterocycles. The molecule has 0 fully saturated rings. The third kappa shape index (κ3) is 3.19. The van der Waals surface area contributed by atoms with E-state index in [2.05, 4.69) is 4.72 Å². The molecule has 0 radical (unpaired) electrons. The highest BCUT2D eigenvalue weighted by molar-refractivity contribution is 7.89. The summed E-state index contributed by atoms with van der Waals surface area (Å²) in [6.07, 6.45) is -0.122. The third-order valence-electron chi connectivity index (χ3n) is 4.60. The molecule has 0 amide bonds. The first-order chi connectivity index (χ1) is 12.5. The van der Waals surface area contributed by atoms with Crippen molar-refractivity contribution >= 4 is 20.8 Å². The topological polar surface area (TPSA) is 75.6 Å². The van der Waals surface area contributed by atoms with Crippen molar-refractivity contribution in [1.29, 1.82) is 0 Å². The summed E-state index contributed by atoms with van der Waals surface area (Å²) in [5.41, 5.74) is 1.72. The van der Waals surface area contributed by atoms with E-state index in [1.165, 1.54) is 0 Å². The molecule has 0 saturated heterocycles. The van der Waals surface area contributed by atoms with Gasteiger partial charge in [0.05, 0.1) is 17.6 Å². The van der Waals surface area contributed by atoms with Gasteiger partial charge in [0.1, 0.15) is 5.75 Å². The number of aliphatic hydroxyl groups excluding tert-OH is 1. The van der Waals surface area contributed by atoms with Gasteiger partial charge in [0, 0.05) is 18.4 Å². The van der Waals surface area contributed by atoms with E-state index < -0.39 is 16.1 Å². The molecule has 1 unspecified atom stereocenters. The van der Waals surface area contributed by atoms with Crippen molar-refractivity contribution in [2.45, 2.75) is 17.4 Å². The minimum absolute atomic E-state index is 0.0921. The molecule has 4 rings (SSSR count). The summed E-state index contributed by atoms with van der Waals surface area (Å²) in [6, 6.07) is 17.9. The maximum Gasteiger partial charge on any atom is 0.241 e. The molecule has 3 aromatic rings. The molecule has 26 heavy (non-hydrogen) atoms. The molecular formula is C20H19NO4S. The second-order valence-electron chi connectivity index (χ2n) is 6.31. The zero-order valence-electron chi connectivity index (χ0n) is 14.1. The monoisotopic (exact) mass is 369 g/mol. The number of nitrogens with one attached hydrogen (secondary N) is 1. The Morgan fingerprint density at radius 1 is 1.08 bits per heavy atom. The highest BCUT2D eigenvalue weighted by atomic mass is 32.2. The smallest absolute Gasteiger partial charge is 0.241 e. The number of hydrogen-bond acceptors (Lipinski definition) is 4. The number of aliphatic hydroxyl groups is 1. The highest BCUT2D eigenvalue weighted by Gasteiger charge is 2.20. The van der Waals surface area contributed by atoms with Crippen LogP contribution in [0.4, 0.5) is 0 Å². The maximum atomic E-state index is 12.7. The summed E-state index contributed by atoms with van der Waals surface area (Å²) in [6.45, 7) is 0.549. The van der Waals surface area contributed by atoms with Crippen LogP contribution in [-0.2, 0) is 16.4 Å². The van der Waals surface area contributed by atoms with Gasteiger partial charge in [-0.15, -0.1) is 0 Å². The first-order valence-electron chi connectivity index (χ1n) is 8.46. The van der Waals surface area contributed by atoms with Crippen molar-refractivity contribution in [1.82, 2.24) is 4.72 Å². The molecule has 5 nitrogen and oxygen atoms in total. The molecule has 1 aliphatic heterocycles. The Morgan fingerprint density at radius 2 is 1.88 bits per heavy atom. The van der Waals surface area contributed by atoms with Crippen LogP contribution in [0.1, 0.15) is 17.2 Å². The zero-order valence-corrected chi connectivity index (χ0v) is 14.9. The van der Waals surface area contributed by atoms with E-state index in [0.29, 0.717) is 17.6 Å². The lowest BCUT2D eigenvalue weighted by molar-refractivity contribution is 0.182. The number of hydrogen-bond donors (Lipinski definition) is 2. The molecule has 0 aromatic heterocycles. The van der Waals surface area contributed by atoms with Crippen LogP contribution in [0.3, 0.4) is 0 Å². The SMILES string of the molecule is O=S(=O)(NCC(O)c1ccc2c(c1)CCO2)c1cccc2ccccc12. The van der Waals surface area contributed by atoms with E-state index in [1.54, 1.807) is 24.3 Å². The van der Waals surface area contributed by atoms with Gasteiger partial charge in [0.15, 0.2) is 0 Å². The van der Waals surface area contributed by atoms with Gasteiger partial charge in [-0.05, 0) is 34.7 Å². The van der Waals surface area contributed by atoms with Crippen LogP contribution < -0.4 is 9.46 Å². The highest BCUT2D eigenvalue weighted by Crippen LogP contribution is 2.28. The molecule has 0 aliphatic carbocycles. The Kier molecular flexibility index (Phi) is 4.40.